The number of piperazine rings is 1. The number of nitrogens with zero attached hydrogens (tertiary/aromatic N) is 4. The number of rotatable bonds is 7. The Kier molecular flexibility index (Phi) is 10.1. The zero-order chi connectivity index (χ0) is 22.3. The van der Waals surface area contributed by atoms with Crippen molar-refractivity contribution in [2.24, 2.45) is 10.9 Å². The Morgan fingerprint density at radius 3 is 2.39 bits per heavy atom. The topological polar surface area (TPSA) is 60.4 Å². The minimum absolute atomic E-state index is 0. The van der Waals surface area contributed by atoms with Crippen molar-refractivity contribution in [3.63, 3.8) is 0 Å². The molecular weight excluding hydrogens is 529 g/mol. The molecule has 1 N–H and O–H groups in total. The van der Waals surface area contributed by atoms with Crippen molar-refractivity contribution in [2.45, 2.75) is 38.5 Å². The molecular formula is C25H40IN5O2. The first kappa shape index (κ1) is 26.1. The highest BCUT2D eigenvalue weighted by molar-refractivity contribution is 14.0. The summed E-state index contributed by atoms with van der Waals surface area (Å²) in [5, 5.41) is 3.48. The summed E-state index contributed by atoms with van der Waals surface area (Å²) in [5.41, 5.74) is 1.37. The molecule has 1 amide bonds. The first-order chi connectivity index (χ1) is 15.7. The fraction of sp³-hybridized carbons (Fsp3) is 0.680. The highest BCUT2D eigenvalue weighted by Gasteiger charge is 2.31. The lowest BCUT2D eigenvalue weighted by molar-refractivity contribution is -0.139. The number of guanidine groups is 1. The summed E-state index contributed by atoms with van der Waals surface area (Å²) < 4.78 is 5.29. The van der Waals surface area contributed by atoms with Crippen molar-refractivity contribution in [3.8, 4) is 5.75 Å². The first-order valence-electron chi connectivity index (χ1n) is 12.4. The van der Waals surface area contributed by atoms with Crippen LogP contribution in [0, 0.1) is 5.92 Å². The van der Waals surface area contributed by atoms with Crippen LogP contribution in [0.4, 0.5) is 0 Å². The average molecular weight is 570 g/mol. The molecule has 0 aromatic heterocycles. The lowest BCUT2D eigenvalue weighted by Gasteiger charge is -2.38. The highest BCUT2D eigenvalue weighted by Crippen LogP contribution is 2.29. The Labute approximate surface area is 215 Å². The van der Waals surface area contributed by atoms with Crippen LogP contribution in [0.5, 0.6) is 5.75 Å². The highest BCUT2D eigenvalue weighted by atomic mass is 127. The maximum atomic E-state index is 12.4. The molecule has 8 heteroatoms. The van der Waals surface area contributed by atoms with E-state index in [1.54, 1.807) is 7.11 Å². The van der Waals surface area contributed by atoms with Crippen LogP contribution in [-0.4, -0.2) is 92.6 Å². The fourth-order valence-electron chi connectivity index (χ4n) is 4.93. The molecule has 4 rings (SSSR count). The van der Waals surface area contributed by atoms with Crippen LogP contribution in [-0.2, 0) is 4.79 Å². The predicted molar refractivity (Wildman–Crippen MR) is 144 cm³/mol. The van der Waals surface area contributed by atoms with Gasteiger partial charge in [0.2, 0.25) is 5.91 Å². The SMILES string of the molecule is CCNC(=NCCN1CCN(C(=O)C2CCC2)CC1)N1CCC(c2ccc(OC)cc2)C1.I. The van der Waals surface area contributed by atoms with Gasteiger partial charge in [-0.15, -0.1) is 24.0 Å². The molecule has 1 unspecified atom stereocenters. The molecule has 33 heavy (non-hydrogen) atoms. The lowest BCUT2D eigenvalue weighted by Crippen LogP contribution is -2.51. The Morgan fingerprint density at radius 2 is 1.79 bits per heavy atom. The second-order valence-corrected chi connectivity index (χ2v) is 9.24. The number of likely N-dealkylation sites (tertiary alicyclic amines) is 1. The van der Waals surface area contributed by atoms with E-state index >= 15 is 0 Å². The van der Waals surface area contributed by atoms with Crippen LogP contribution >= 0.6 is 24.0 Å². The summed E-state index contributed by atoms with van der Waals surface area (Å²) in [6.07, 6.45) is 4.56. The summed E-state index contributed by atoms with van der Waals surface area (Å²) >= 11 is 0. The molecule has 7 nitrogen and oxygen atoms in total. The average Bonchev–Trinajstić information content (AvgIpc) is 3.28. The molecule has 3 fully saturated rings. The van der Waals surface area contributed by atoms with Gasteiger partial charge in [-0.2, -0.15) is 0 Å². The van der Waals surface area contributed by atoms with Crippen LogP contribution in [0.15, 0.2) is 29.3 Å². The summed E-state index contributed by atoms with van der Waals surface area (Å²) in [7, 11) is 1.71. The van der Waals surface area contributed by atoms with Crippen LogP contribution in [0.1, 0.15) is 44.1 Å². The van der Waals surface area contributed by atoms with E-state index in [-0.39, 0.29) is 24.0 Å². The molecule has 184 valence electrons. The molecule has 1 aromatic rings. The van der Waals surface area contributed by atoms with Gasteiger partial charge in [0.05, 0.1) is 13.7 Å². The number of carbonyl (C=O) groups excluding carboxylic acids is 1. The number of hydrogen-bond acceptors (Lipinski definition) is 4. The molecule has 2 saturated heterocycles. The molecule has 1 aliphatic carbocycles. The number of halogens is 1. The van der Waals surface area contributed by atoms with Crippen molar-refractivity contribution in [2.75, 3.05) is 66.0 Å². The predicted octanol–water partition coefficient (Wildman–Crippen LogP) is 3.01. The number of benzene rings is 1. The first-order valence-corrected chi connectivity index (χ1v) is 12.4. The van der Waals surface area contributed by atoms with Gasteiger partial charge >= 0.3 is 0 Å². The van der Waals surface area contributed by atoms with E-state index in [0.717, 1.165) is 89.9 Å². The Morgan fingerprint density at radius 1 is 1.06 bits per heavy atom. The molecule has 2 aliphatic heterocycles. The Balaban J connectivity index is 0.00000306. The van der Waals surface area contributed by atoms with E-state index in [9.17, 15) is 4.79 Å². The molecule has 0 spiro atoms. The molecule has 1 atom stereocenters. The van der Waals surface area contributed by atoms with Gasteiger partial charge in [-0.05, 0) is 43.9 Å². The van der Waals surface area contributed by atoms with Gasteiger partial charge in [0, 0.05) is 64.2 Å². The number of amides is 1. The van der Waals surface area contributed by atoms with Crippen LogP contribution in [0.3, 0.4) is 0 Å². The Bertz CT molecular complexity index is 776. The van der Waals surface area contributed by atoms with Gasteiger partial charge in [0.25, 0.3) is 0 Å². The zero-order valence-corrected chi connectivity index (χ0v) is 22.5. The van der Waals surface area contributed by atoms with Crippen LogP contribution < -0.4 is 10.1 Å². The maximum Gasteiger partial charge on any atom is 0.225 e. The smallest absolute Gasteiger partial charge is 0.225 e. The molecule has 0 radical (unpaired) electrons. The van der Waals surface area contributed by atoms with E-state index in [2.05, 4.69) is 51.2 Å². The number of methoxy groups -OCH3 is 1. The summed E-state index contributed by atoms with van der Waals surface area (Å²) in [6.45, 7) is 10.5. The van der Waals surface area contributed by atoms with Crippen molar-refractivity contribution in [1.29, 1.82) is 0 Å². The number of nitrogens with one attached hydrogen (secondary N) is 1. The van der Waals surface area contributed by atoms with Gasteiger partial charge in [0.1, 0.15) is 5.75 Å². The summed E-state index contributed by atoms with van der Waals surface area (Å²) in [4.78, 5) is 24.3. The number of aliphatic imine (C=N–C) groups is 1. The zero-order valence-electron chi connectivity index (χ0n) is 20.2. The normalized spacial score (nSPS) is 22.0. The molecule has 0 bridgehead atoms. The van der Waals surface area contributed by atoms with Gasteiger partial charge in [-0.3, -0.25) is 14.7 Å². The number of hydrogen-bond donors (Lipinski definition) is 1. The van der Waals surface area contributed by atoms with Gasteiger partial charge in [-0.25, -0.2) is 0 Å². The van der Waals surface area contributed by atoms with Crippen molar-refractivity contribution in [1.82, 2.24) is 20.0 Å². The molecule has 2 heterocycles. The van der Waals surface area contributed by atoms with Crippen LogP contribution in [0.2, 0.25) is 0 Å². The van der Waals surface area contributed by atoms with Gasteiger partial charge < -0.3 is 19.9 Å². The number of ether oxygens (including phenoxy) is 1. The molecule has 1 aromatic carbocycles. The monoisotopic (exact) mass is 569 g/mol. The third kappa shape index (κ3) is 6.74. The lowest BCUT2D eigenvalue weighted by atomic mass is 9.84. The largest absolute Gasteiger partial charge is 0.497 e. The van der Waals surface area contributed by atoms with E-state index in [1.807, 2.05) is 0 Å². The third-order valence-corrected chi connectivity index (χ3v) is 7.23. The second-order valence-electron chi connectivity index (χ2n) is 9.24. The van der Waals surface area contributed by atoms with E-state index in [0.29, 0.717) is 17.7 Å². The minimum atomic E-state index is 0. The van der Waals surface area contributed by atoms with Crippen molar-refractivity contribution < 1.29 is 9.53 Å². The second kappa shape index (κ2) is 12.8. The summed E-state index contributed by atoms with van der Waals surface area (Å²) in [5.74, 6) is 3.18. The van der Waals surface area contributed by atoms with E-state index in [4.69, 9.17) is 9.73 Å². The third-order valence-electron chi connectivity index (χ3n) is 7.23. The van der Waals surface area contributed by atoms with Gasteiger partial charge in [-0.1, -0.05) is 18.6 Å². The van der Waals surface area contributed by atoms with E-state index in [1.165, 1.54) is 12.0 Å². The standard InChI is InChI=1S/C25H39N5O2.HI/c1-3-26-25(30-13-11-22(19-30)20-7-9-23(32-2)10-8-20)27-12-14-28-15-17-29(18-16-28)24(31)21-5-4-6-21;/h7-10,21-22H,3-6,11-19H2,1-2H3,(H,26,27);1H. The van der Waals surface area contributed by atoms with Crippen LogP contribution in [0.25, 0.3) is 0 Å². The Hall–Kier alpha value is -1.55. The quantitative estimate of drug-likeness (QED) is 0.311. The summed E-state index contributed by atoms with van der Waals surface area (Å²) in [6, 6.07) is 8.48. The minimum Gasteiger partial charge on any atom is -0.497 e. The number of carbonyl (C=O) groups is 1. The van der Waals surface area contributed by atoms with Crippen molar-refractivity contribution in [3.05, 3.63) is 29.8 Å². The van der Waals surface area contributed by atoms with E-state index < -0.39 is 0 Å². The van der Waals surface area contributed by atoms with Gasteiger partial charge in [0.15, 0.2) is 5.96 Å². The molecule has 1 saturated carbocycles. The fourth-order valence-corrected chi connectivity index (χ4v) is 4.93. The molecule has 3 aliphatic rings. The maximum absolute atomic E-state index is 12.4. The van der Waals surface area contributed by atoms with Crippen molar-refractivity contribution >= 4 is 35.8 Å².